The average Bonchev–Trinajstić information content (AvgIpc) is 2.86. The molecule has 0 bridgehead atoms. The number of benzene rings is 2. The molecule has 2 aliphatic rings. The third kappa shape index (κ3) is 4.55. The standard InChI is InChI=1S/C26H23ClN2O6/c1-32-20-11-16(10-17(27)24(20)34-13-15-7-4-3-6-14(15)12-28)21-22-18(30)8-5-9-19(22)35-25(29)23(21)26(31)33-2/h3-4,6-7,10-11,21H,5,8-9,13,29H2,1-2H3/t21-/m0/s1. The van der Waals surface area contributed by atoms with Gasteiger partial charge in [-0.15, -0.1) is 0 Å². The van der Waals surface area contributed by atoms with Gasteiger partial charge in [0.15, 0.2) is 17.3 Å². The number of ketones is 1. The van der Waals surface area contributed by atoms with Gasteiger partial charge in [0.1, 0.15) is 17.9 Å². The van der Waals surface area contributed by atoms with E-state index in [-0.39, 0.29) is 34.6 Å². The van der Waals surface area contributed by atoms with Gasteiger partial charge in [-0.25, -0.2) is 4.79 Å². The Bertz CT molecular complexity index is 1310. The summed E-state index contributed by atoms with van der Waals surface area (Å²) in [6.07, 6.45) is 1.49. The van der Waals surface area contributed by atoms with E-state index in [4.69, 9.17) is 36.3 Å². The second-order valence-electron chi connectivity index (χ2n) is 8.01. The number of carbonyl (C=O) groups excluding carboxylic acids is 2. The number of hydrogen-bond acceptors (Lipinski definition) is 8. The minimum Gasteiger partial charge on any atom is -0.493 e. The molecular weight excluding hydrogens is 472 g/mol. The zero-order valence-electron chi connectivity index (χ0n) is 19.2. The molecule has 9 heteroatoms. The Kier molecular flexibility index (Phi) is 6.99. The predicted octanol–water partition coefficient (Wildman–Crippen LogP) is 4.26. The first-order chi connectivity index (χ1) is 16.9. The van der Waals surface area contributed by atoms with Crippen molar-refractivity contribution in [1.29, 1.82) is 5.26 Å². The van der Waals surface area contributed by atoms with Gasteiger partial charge in [-0.3, -0.25) is 4.79 Å². The van der Waals surface area contributed by atoms with Crippen molar-refractivity contribution in [1.82, 2.24) is 0 Å². The van der Waals surface area contributed by atoms with Gasteiger partial charge in [0.2, 0.25) is 5.88 Å². The van der Waals surface area contributed by atoms with E-state index in [0.29, 0.717) is 53.0 Å². The van der Waals surface area contributed by atoms with E-state index in [9.17, 15) is 14.9 Å². The van der Waals surface area contributed by atoms with Crippen LogP contribution < -0.4 is 15.2 Å². The second-order valence-corrected chi connectivity index (χ2v) is 8.42. The summed E-state index contributed by atoms with van der Waals surface area (Å²) < 4.78 is 22.1. The summed E-state index contributed by atoms with van der Waals surface area (Å²) in [6.45, 7) is 0.0878. The number of hydrogen-bond donors (Lipinski definition) is 1. The molecule has 2 N–H and O–H groups in total. The van der Waals surface area contributed by atoms with Crippen LogP contribution in [0.5, 0.6) is 11.5 Å². The summed E-state index contributed by atoms with van der Waals surface area (Å²) in [5.74, 6) is -0.785. The van der Waals surface area contributed by atoms with Gasteiger partial charge < -0.3 is 24.7 Å². The van der Waals surface area contributed by atoms with Crippen molar-refractivity contribution in [2.24, 2.45) is 5.73 Å². The molecule has 0 radical (unpaired) electrons. The Morgan fingerprint density at radius 2 is 2.03 bits per heavy atom. The zero-order chi connectivity index (χ0) is 25.1. The zero-order valence-corrected chi connectivity index (χ0v) is 20.0. The number of nitriles is 1. The van der Waals surface area contributed by atoms with E-state index < -0.39 is 11.9 Å². The lowest BCUT2D eigenvalue weighted by Crippen LogP contribution is -2.31. The highest BCUT2D eigenvalue weighted by Gasteiger charge is 2.41. The summed E-state index contributed by atoms with van der Waals surface area (Å²) >= 11 is 6.62. The quantitative estimate of drug-likeness (QED) is 0.591. The van der Waals surface area contributed by atoms with E-state index in [0.717, 1.165) is 0 Å². The van der Waals surface area contributed by atoms with Gasteiger partial charge in [0.25, 0.3) is 0 Å². The fourth-order valence-electron chi connectivity index (χ4n) is 4.35. The number of methoxy groups -OCH3 is 2. The molecule has 180 valence electrons. The summed E-state index contributed by atoms with van der Waals surface area (Å²) in [4.78, 5) is 25.6. The van der Waals surface area contributed by atoms with E-state index in [1.54, 1.807) is 30.3 Å². The van der Waals surface area contributed by atoms with Crippen LogP contribution in [0.1, 0.15) is 41.9 Å². The lowest BCUT2D eigenvalue weighted by atomic mass is 9.77. The van der Waals surface area contributed by atoms with Crippen molar-refractivity contribution in [3.8, 4) is 17.6 Å². The van der Waals surface area contributed by atoms with Crippen LogP contribution in [0, 0.1) is 11.3 Å². The number of halogens is 1. The van der Waals surface area contributed by atoms with Gasteiger partial charge >= 0.3 is 5.97 Å². The summed E-state index contributed by atoms with van der Waals surface area (Å²) in [5, 5.41) is 9.53. The first-order valence-corrected chi connectivity index (χ1v) is 11.3. The van der Waals surface area contributed by atoms with E-state index >= 15 is 0 Å². The number of esters is 1. The van der Waals surface area contributed by atoms with Gasteiger partial charge in [0.05, 0.1) is 36.8 Å². The van der Waals surface area contributed by atoms with Crippen LogP contribution >= 0.6 is 11.6 Å². The molecule has 0 saturated heterocycles. The second kappa shape index (κ2) is 10.1. The largest absolute Gasteiger partial charge is 0.493 e. The SMILES string of the molecule is COC(=O)C1=C(N)OC2=C(C(=O)CCC2)[C@@H]1c1cc(Cl)c(OCc2ccccc2C#N)c(OC)c1. The lowest BCUT2D eigenvalue weighted by Gasteiger charge is -2.32. The number of carbonyl (C=O) groups is 2. The maximum atomic E-state index is 12.9. The summed E-state index contributed by atoms with van der Waals surface area (Å²) in [5.41, 5.74) is 8.17. The third-order valence-electron chi connectivity index (χ3n) is 5.98. The molecule has 35 heavy (non-hydrogen) atoms. The molecule has 4 rings (SSSR count). The normalized spacial score (nSPS) is 17.3. The number of nitrogens with zero attached hydrogens (tertiary/aromatic N) is 1. The van der Waals surface area contributed by atoms with Crippen LogP contribution in [0.2, 0.25) is 5.02 Å². The van der Waals surface area contributed by atoms with Crippen molar-refractivity contribution in [3.63, 3.8) is 0 Å². The Hall–Kier alpha value is -3.96. The molecule has 1 aliphatic heterocycles. The number of Topliss-reactive ketones (excluding diaryl/α,β-unsaturated/α-hetero) is 1. The van der Waals surface area contributed by atoms with Crippen LogP contribution in [-0.2, 0) is 25.7 Å². The minimum atomic E-state index is -0.834. The summed E-state index contributed by atoms with van der Waals surface area (Å²) in [7, 11) is 2.69. The predicted molar refractivity (Wildman–Crippen MR) is 126 cm³/mol. The van der Waals surface area contributed by atoms with Crippen molar-refractivity contribution in [2.45, 2.75) is 31.8 Å². The molecular formula is C26H23ClN2O6. The Balaban J connectivity index is 1.78. The summed E-state index contributed by atoms with van der Waals surface area (Å²) in [6, 6.07) is 12.4. The fourth-order valence-corrected chi connectivity index (χ4v) is 4.62. The molecule has 2 aromatic rings. The molecule has 0 fully saturated rings. The minimum absolute atomic E-state index is 0.0243. The lowest BCUT2D eigenvalue weighted by molar-refractivity contribution is -0.136. The Labute approximate surface area is 207 Å². The number of allylic oxidation sites excluding steroid dienone is 2. The van der Waals surface area contributed by atoms with Crippen molar-refractivity contribution in [2.75, 3.05) is 14.2 Å². The van der Waals surface area contributed by atoms with Crippen LogP contribution in [0.15, 0.2) is 59.2 Å². The molecule has 8 nitrogen and oxygen atoms in total. The molecule has 1 atom stereocenters. The molecule has 0 spiro atoms. The van der Waals surface area contributed by atoms with Crippen molar-refractivity contribution >= 4 is 23.4 Å². The van der Waals surface area contributed by atoms with E-state index in [1.807, 2.05) is 6.07 Å². The molecule has 1 heterocycles. The Morgan fingerprint density at radius 1 is 1.26 bits per heavy atom. The first kappa shape index (κ1) is 24.2. The van der Waals surface area contributed by atoms with Crippen molar-refractivity contribution < 1.29 is 28.5 Å². The topological polar surface area (TPSA) is 121 Å². The first-order valence-electron chi connectivity index (χ1n) is 10.9. The molecule has 0 saturated carbocycles. The van der Waals surface area contributed by atoms with Crippen molar-refractivity contribution in [3.05, 3.63) is 80.9 Å². The smallest absolute Gasteiger partial charge is 0.340 e. The van der Waals surface area contributed by atoms with Crippen LogP contribution in [0.25, 0.3) is 0 Å². The van der Waals surface area contributed by atoms with Gasteiger partial charge in [-0.05, 0) is 30.2 Å². The number of nitrogens with two attached hydrogens (primary N) is 1. The number of rotatable bonds is 6. The van der Waals surface area contributed by atoms with Crippen LogP contribution in [0.3, 0.4) is 0 Å². The average molecular weight is 495 g/mol. The number of ether oxygens (including phenoxy) is 4. The van der Waals surface area contributed by atoms with Crippen LogP contribution in [-0.4, -0.2) is 26.0 Å². The van der Waals surface area contributed by atoms with E-state index in [2.05, 4.69) is 6.07 Å². The molecule has 2 aromatic carbocycles. The maximum Gasteiger partial charge on any atom is 0.340 e. The highest BCUT2D eigenvalue weighted by atomic mass is 35.5. The van der Waals surface area contributed by atoms with Crippen LogP contribution in [0.4, 0.5) is 0 Å². The highest BCUT2D eigenvalue weighted by molar-refractivity contribution is 6.32. The molecule has 0 unspecified atom stereocenters. The van der Waals surface area contributed by atoms with Gasteiger partial charge in [-0.2, -0.15) is 5.26 Å². The Morgan fingerprint density at radius 3 is 2.74 bits per heavy atom. The van der Waals surface area contributed by atoms with Gasteiger partial charge in [-0.1, -0.05) is 29.8 Å². The fraction of sp³-hybridized carbons (Fsp3) is 0.269. The molecule has 1 aliphatic carbocycles. The molecule has 0 amide bonds. The maximum absolute atomic E-state index is 12.9. The monoisotopic (exact) mass is 494 g/mol. The van der Waals surface area contributed by atoms with E-state index in [1.165, 1.54) is 14.2 Å². The highest BCUT2D eigenvalue weighted by Crippen LogP contribution is 2.47. The molecule has 0 aromatic heterocycles. The van der Waals surface area contributed by atoms with Gasteiger partial charge in [0, 0.05) is 24.0 Å². The third-order valence-corrected chi connectivity index (χ3v) is 6.27.